The quantitative estimate of drug-likeness (QED) is 0.907. The molecule has 1 aromatic heterocycles. The van der Waals surface area contributed by atoms with E-state index in [0.29, 0.717) is 17.2 Å². The molecule has 0 bridgehead atoms. The van der Waals surface area contributed by atoms with Crippen LogP contribution < -0.4 is 4.72 Å². The number of aryl methyl sites for hydroxylation is 1. The summed E-state index contributed by atoms with van der Waals surface area (Å²) in [5.74, 6) is 0.521. The van der Waals surface area contributed by atoms with Crippen molar-refractivity contribution >= 4 is 16.1 Å². The Kier molecular flexibility index (Phi) is 4.02. The summed E-state index contributed by atoms with van der Waals surface area (Å²) in [5.41, 5.74) is 2.25. The van der Waals surface area contributed by atoms with E-state index >= 15 is 0 Å². The van der Waals surface area contributed by atoms with Crippen LogP contribution in [0.25, 0.3) is 6.08 Å². The van der Waals surface area contributed by atoms with Gasteiger partial charge in [0.05, 0.1) is 11.2 Å². The van der Waals surface area contributed by atoms with Gasteiger partial charge in [-0.25, -0.2) is 18.1 Å². The van der Waals surface area contributed by atoms with E-state index < -0.39 is 10.0 Å². The molecule has 2 aromatic rings. The Bertz CT molecular complexity index is 850. The van der Waals surface area contributed by atoms with Gasteiger partial charge in [0, 0.05) is 25.0 Å². The van der Waals surface area contributed by atoms with Crippen LogP contribution in [-0.2, 0) is 23.0 Å². The number of hydrogen-bond donors (Lipinski definition) is 1. The Hall–Kier alpha value is -1.92. The second-order valence-electron chi connectivity index (χ2n) is 6.72. The number of allylic oxidation sites excluding steroid dienone is 1. The number of sulfonamides is 1. The first-order valence-corrected chi connectivity index (χ1v) is 9.85. The van der Waals surface area contributed by atoms with Crippen LogP contribution in [0.15, 0.2) is 47.9 Å². The van der Waals surface area contributed by atoms with Crippen molar-refractivity contribution in [3.8, 4) is 0 Å². The van der Waals surface area contributed by atoms with Crippen LogP contribution in [0, 0.1) is 5.92 Å². The van der Waals surface area contributed by atoms with Gasteiger partial charge in [0.15, 0.2) is 0 Å². The molecule has 2 aliphatic carbocycles. The highest BCUT2D eigenvalue weighted by Gasteiger charge is 2.33. The molecule has 0 unspecified atom stereocenters. The van der Waals surface area contributed by atoms with Gasteiger partial charge >= 0.3 is 0 Å². The van der Waals surface area contributed by atoms with Crippen LogP contribution in [-0.4, -0.2) is 24.0 Å². The molecule has 0 aliphatic heterocycles. The van der Waals surface area contributed by atoms with Crippen LogP contribution in [0.1, 0.15) is 30.4 Å². The van der Waals surface area contributed by atoms with Gasteiger partial charge in [-0.15, -0.1) is 0 Å². The van der Waals surface area contributed by atoms with Crippen molar-refractivity contribution in [2.45, 2.75) is 38.3 Å². The first-order chi connectivity index (χ1) is 11.6. The lowest BCUT2D eigenvalue weighted by Crippen LogP contribution is -2.45. The van der Waals surface area contributed by atoms with Gasteiger partial charge in [-0.1, -0.05) is 24.3 Å². The molecule has 1 fully saturated rings. The van der Waals surface area contributed by atoms with Crippen molar-refractivity contribution in [2.75, 3.05) is 0 Å². The van der Waals surface area contributed by atoms with Gasteiger partial charge in [0.2, 0.25) is 10.0 Å². The molecule has 1 aromatic carbocycles. The van der Waals surface area contributed by atoms with Gasteiger partial charge in [-0.3, -0.25) is 0 Å². The van der Waals surface area contributed by atoms with Crippen molar-refractivity contribution in [3.63, 3.8) is 0 Å². The summed E-state index contributed by atoms with van der Waals surface area (Å²) in [4.78, 5) is 4.55. The lowest BCUT2D eigenvalue weighted by Gasteiger charge is -2.36. The van der Waals surface area contributed by atoms with Crippen LogP contribution in [0.5, 0.6) is 0 Å². The van der Waals surface area contributed by atoms with Gasteiger partial charge in [0.25, 0.3) is 0 Å². The molecule has 1 saturated carbocycles. The molecule has 126 valence electrons. The number of rotatable bonds is 5. The van der Waals surface area contributed by atoms with Crippen molar-refractivity contribution in [1.29, 1.82) is 0 Å². The molecule has 2 aliphatic rings. The van der Waals surface area contributed by atoms with E-state index in [9.17, 15) is 8.42 Å². The molecule has 6 heteroatoms. The van der Waals surface area contributed by atoms with Crippen LogP contribution in [0.4, 0.5) is 0 Å². The van der Waals surface area contributed by atoms with E-state index in [1.807, 2.05) is 36.8 Å². The van der Waals surface area contributed by atoms with Crippen LogP contribution >= 0.6 is 0 Å². The Morgan fingerprint density at radius 2 is 2.04 bits per heavy atom. The first kappa shape index (κ1) is 15.6. The predicted molar refractivity (Wildman–Crippen MR) is 93.5 cm³/mol. The highest BCUT2D eigenvalue weighted by molar-refractivity contribution is 7.93. The van der Waals surface area contributed by atoms with Crippen LogP contribution in [0.3, 0.4) is 0 Å². The number of fused-ring (bicyclic) bond motifs is 1. The molecular formula is C18H21N3O2S. The molecule has 0 radical (unpaired) electrons. The highest BCUT2D eigenvalue weighted by atomic mass is 32.2. The minimum absolute atomic E-state index is 0.0570. The summed E-state index contributed by atoms with van der Waals surface area (Å²) in [5, 5.41) is 0. The molecule has 0 atom stereocenters. The standard InChI is InChI=1S/C18H21N3O2S/c22-24(23,18-6-5-15-3-1-2-4-16(15)11-18)20-17-9-14(10-17)12-21-8-7-19-13-21/h1-4,7-8,11,13-14,17,20H,5-6,9-10,12H2. The number of imidazole rings is 1. The summed E-state index contributed by atoms with van der Waals surface area (Å²) in [6, 6.07) is 8.05. The zero-order chi connectivity index (χ0) is 16.6. The molecular weight excluding hydrogens is 322 g/mol. The fourth-order valence-corrected chi connectivity index (χ4v) is 5.02. The number of nitrogens with zero attached hydrogens (tertiary/aromatic N) is 2. The Morgan fingerprint density at radius 1 is 1.21 bits per heavy atom. The highest BCUT2D eigenvalue weighted by Crippen LogP contribution is 2.32. The van der Waals surface area contributed by atoms with Crippen LogP contribution in [0.2, 0.25) is 0 Å². The third-order valence-corrected chi connectivity index (χ3v) is 6.60. The van der Waals surface area contributed by atoms with Crippen molar-refractivity contribution in [2.24, 2.45) is 5.92 Å². The van der Waals surface area contributed by atoms with E-state index in [1.165, 1.54) is 5.56 Å². The van der Waals surface area contributed by atoms with Gasteiger partial charge in [0.1, 0.15) is 0 Å². The third kappa shape index (κ3) is 3.16. The van der Waals surface area contributed by atoms with E-state index in [2.05, 4.69) is 20.3 Å². The average Bonchev–Trinajstić information content (AvgIpc) is 3.05. The van der Waals surface area contributed by atoms with E-state index in [0.717, 1.165) is 31.4 Å². The molecule has 4 rings (SSSR count). The zero-order valence-electron chi connectivity index (χ0n) is 13.4. The number of aromatic nitrogens is 2. The lowest BCUT2D eigenvalue weighted by atomic mass is 9.81. The SMILES string of the molecule is O=S(=O)(NC1CC(Cn2ccnc2)C1)C1=Cc2ccccc2CC1. The minimum Gasteiger partial charge on any atom is -0.337 e. The Morgan fingerprint density at radius 3 is 2.83 bits per heavy atom. The van der Waals surface area contributed by atoms with E-state index in [4.69, 9.17) is 0 Å². The van der Waals surface area contributed by atoms with Gasteiger partial charge in [-0.2, -0.15) is 0 Å². The van der Waals surface area contributed by atoms with Crippen molar-refractivity contribution < 1.29 is 8.42 Å². The minimum atomic E-state index is -3.38. The second kappa shape index (κ2) is 6.18. The summed E-state index contributed by atoms with van der Waals surface area (Å²) in [6.07, 6.45) is 10.5. The molecule has 1 heterocycles. The molecule has 0 spiro atoms. The smallest absolute Gasteiger partial charge is 0.236 e. The van der Waals surface area contributed by atoms with Gasteiger partial charge in [-0.05, 0) is 48.8 Å². The molecule has 0 amide bonds. The van der Waals surface area contributed by atoms with E-state index in [-0.39, 0.29) is 6.04 Å². The third-order valence-electron chi connectivity index (χ3n) is 4.94. The molecule has 24 heavy (non-hydrogen) atoms. The molecule has 1 N–H and O–H groups in total. The summed E-state index contributed by atoms with van der Waals surface area (Å²) >= 11 is 0. The van der Waals surface area contributed by atoms with Crippen molar-refractivity contribution in [3.05, 3.63) is 59.0 Å². The van der Waals surface area contributed by atoms with E-state index in [1.54, 1.807) is 6.20 Å². The fourth-order valence-electron chi connectivity index (χ4n) is 3.59. The van der Waals surface area contributed by atoms with Gasteiger partial charge < -0.3 is 4.57 Å². The Balaban J connectivity index is 1.38. The summed E-state index contributed by atoms with van der Waals surface area (Å²) < 4.78 is 30.2. The number of hydrogen-bond acceptors (Lipinski definition) is 3. The fraction of sp³-hybridized carbons (Fsp3) is 0.389. The lowest BCUT2D eigenvalue weighted by molar-refractivity contribution is 0.220. The largest absolute Gasteiger partial charge is 0.337 e. The predicted octanol–water partition coefficient (Wildman–Crippen LogP) is 2.57. The maximum absolute atomic E-state index is 12.6. The monoisotopic (exact) mass is 343 g/mol. The second-order valence-corrected chi connectivity index (χ2v) is 8.49. The number of nitrogens with one attached hydrogen (secondary N) is 1. The maximum Gasteiger partial charge on any atom is 0.236 e. The summed E-state index contributed by atoms with van der Waals surface area (Å²) in [7, 11) is -3.38. The normalized spacial score (nSPS) is 23.2. The average molecular weight is 343 g/mol. The maximum atomic E-state index is 12.6. The molecule has 0 saturated heterocycles. The molecule has 5 nitrogen and oxygen atoms in total. The van der Waals surface area contributed by atoms with Crippen molar-refractivity contribution in [1.82, 2.24) is 14.3 Å². The number of benzene rings is 1. The summed E-state index contributed by atoms with van der Waals surface area (Å²) in [6.45, 7) is 0.911. The zero-order valence-corrected chi connectivity index (χ0v) is 14.2. The topological polar surface area (TPSA) is 64.0 Å². The Labute approximate surface area is 142 Å². The first-order valence-electron chi connectivity index (χ1n) is 8.37.